The Morgan fingerprint density at radius 1 is 1.15 bits per heavy atom. The van der Waals surface area contributed by atoms with E-state index in [0.29, 0.717) is 0 Å². The second-order valence-corrected chi connectivity index (χ2v) is 3.62. The first kappa shape index (κ1) is 16.2. The summed E-state index contributed by atoms with van der Waals surface area (Å²) >= 11 is 0. The second kappa shape index (κ2) is 5.65. The molecule has 1 atom stereocenters. The maximum atomic E-state index is 13.1. The molecule has 0 fully saturated rings. The molecule has 0 saturated heterocycles. The molecule has 2 N–H and O–H groups in total. The molecule has 1 amide bonds. The molecular weight excluding hydrogens is 299 g/mol. The van der Waals surface area contributed by atoms with Gasteiger partial charge in [0.15, 0.2) is 29.4 Å². The number of rotatable bonds is 3. The number of amides is 1. The molecule has 0 aromatic heterocycles. The third-order valence-electron chi connectivity index (χ3n) is 2.18. The van der Waals surface area contributed by atoms with E-state index in [9.17, 15) is 35.5 Å². The highest BCUT2D eigenvalue weighted by atomic mass is 19.4. The van der Waals surface area contributed by atoms with Crippen LogP contribution in [-0.2, 0) is 0 Å². The van der Waals surface area contributed by atoms with Gasteiger partial charge < -0.3 is 10.4 Å². The number of aliphatic hydroxyl groups is 1. The number of hydrogen-bond donors (Lipinski definition) is 2. The average Bonchev–Trinajstić information content (AvgIpc) is 2.36. The van der Waals surface area contributed by atoms with Gasteiger partial charge in [0.05, 0.1) is 12.1 Å². The number of hydrogen-bond acceptors (Lipinski definition) is 2. The zero-order chi connectivity index (χ0) is 15.7. The summed E-state index contributed by atoms with van der Waals surface area (Å²) in [6.07, 6.45) is -7.98. The molecule has 112 valence electrons. The quantitative estimate of drug-likeness (QED) is 0.509. The molecule has 0 radical (unpaired) electrons. The van der Waals surface area contributed by atoms with Crippen LogP contribution < -0.4 is 5.32 Å². The van der Waals surface area contributed by atoms with Crippen molar-refractivity contribution in [2.45, 2.75) is 12.3 Å². The highest BCUT2D eigenvalue weighted by Crippen LogP contribution is 2.20. The van der Waals surface area contributed by atoms with E-state index in [-0.39, 0.29) is 6.07 Å². The molecule has 1 aromatic carbocycles. The van der Waals surface area contributed by atoms with Crippen LogP contribution >= 0.6 is 0 Å². The van der Waals surface area contributed by atoms with Crippen molar-refractivity contribution in [1.29, 1.82) is 0 Å². The lowest BCUT2D eigenvalue weighted by Gasteiger charge is -2.15. The van der Waals surface area contributed by atoms with Crippen LogP contribution in [0.4, 0.5) is 30.7 Å². The summed E-state index contributed by atoms with van der Waals surface area (Å²) in [6.45, 7) is -1.36. The van der Waals surface area contributed by atoms with Gasteiger partial charge in [0, 0.05) is 0 Å². The Hall–Kier alpha value is -1.84. The minimum Gasteiger partial charge on any atom is -0.382 e. The van der Waals surface area contributed by atoms with Gasteiger partial charge in [-0.3, -0.25) is 4.79 Å². The molecular formula is C10H6F7NO2. The van der Waals surface area contributed by atoms with E-state index in [2.05, 4.69) is 0 Å². The van der Waals surface area contributed by atoms with Gasteiger partial charge in [-0.15, -0.1) is 0 Å². The van der Waals surface area contributed by atoms with Gasteiger partial charge in [-0.1, -0.05) is 0 Å². The summed E-state index contributed by atoms with van der Waals surface area (Å²) in [5, 5.41) is 9.98. The number of carbonyl (C=O) groups excluding carboxylic acids is 1. The maximum absolute atomic E-state index is 13.1. The van der Waals surface area contributed by atoms with Gasteiger partial charge in [-0.2, -0.15) is 13.2 Å². The van der Waals surface area contributed by atoms with Gasteiger partial charge in [0.2, 0.25) is 0 Å². The monoisotopic (exact) mass is 305 g/mol. The highest BCUT2D eigenvalue weighted by molar-refractivity contribution is 5.94. The Labute approximate surface area is 107 Å². The normalized spacial score (nSPS) is 13.2. The minimum atomic E-state index is -5.04. The Balaban J connectivity index is 2.90. The van der Waals surface area contributed by atoms with Crippen molar-refractivity contribution in [2.75, 3.05) is 6.54 Å². The number of halogens is 7. The maximum Gasteiger partial charge on any atom is 0.416 e. The van der Waals surface area contributed by atoms with Crippen LogP contribution in [0.1, 0.15) is 10.4 Å². The number of aliphatic hydroxyl groups excluding tert-OH is 1. The third-order valence-corrected chi connectivity index (χ3v) is 2.18. The van der Waals surface area contributed by atoms with Crippen molar-refractivity contribution in [3.05, 3.63) is 34.9 Å². The first-order valence-corrected chi connectivity index (χ1v) is 4.91. The van der Waals surface area contributed by atoms with E-state index >= 15 is 0 Å². The molecule has 0 bridgehead atoms. The third kappa shape index (κ3) is 3.38. The molecule has 0 aliphatic heterocycles. The molecule has 20 heavy (non-hydrogen) atoms. The predicted octanol–water partition coefficient (Wildman–Crippen LogP) is 1.90. The Morgan fingerprint density at radius 2 is 1.70 bits per heavy atom. The van der Waals surface area contributed by atoms with Gasteiger partial charge in [-0.05, 0) is 6.07 Å². The van der Waals surface area contributed by atoms with Crippen molar-refractivity contribution >= 4 is 5.91 Å². The van der Waals surface area contributed by atoms with Crippen LogP contribution in [0, 0.1) is 23.3 Å². The lowest BCUT2D eigenvalue weighted by atomic mass is 10.1. The topological polar surface area (TPSA) is 49.3 Å². The van der Waals surface area contributed by atoms with E-state index < -0.39 is 53.6 Å². The average molecular weight is 305 g/mol. The lowest BCUT2D eigenvalue weighted by molar-refractivity contribution is -0.201. The van der Waals surface area contributed by atoms with E-state index in [1.54, 1.807) is 0 Å². The number of benzene rings is 1. The van der Waals surface area contributed by atoms with Gasteiger partial charge in [-0.25, -0.2) is 17.6 Å². The fourth-order valence-electron chi connectivity index (χ4n) is 1.14. The van der Waals surface area contributed by atoms with Gasteiger partial charge in [0.1, 0.15) is 0 Å². The molecule has 3 nitrogen and oxygen atoms in total. The second-order valence-electron chi connectivity index (χ2n) is 3.62. The molecule has 0 aliphatic carbocycles. The Bertz CT molecular complexity index is 529. The first-order valence-electron chi connectivity index (χ1n) is 4.91. The standard InChI is InChI=1S/C10H6F7NO2/c11-4-1-3(6(12)8(14)7(4)13)9(20)18-2-5(19)10(15,16)17/h1,5,19H,2H2,(H,18,20). The summed E-state index contributed by atoms with van der Waals surface area (Å²) in [5.74, 6) is -10.0. The van der Waals surface area contributed by atoms with Crippen molar-refractivity contribution in [3.8, 4) is 0 Å². The summed E-state index contributed by atoms with van der Waals surface area (Å²) in [4.78, 5) is 11.2. The summed E-state index contributed by atoms with van der Waals surface area (Å²) in [6, 6.07) is -0.0109. The van der Waals surface area contributed by atoms with Crippen molar-refractivity contribution in [2.24, 2.45) is 0 Å². The van der Waals surface area contributed by atoms with E-state index in [4.69, 9.17) is 5.11 Å². The molecule has 0 aliphatic rings. The smallest absolute Gasteiger partial charge is 0.382 e. The SMILES string of the molecule is O=C(NCC(O)C(F)(F)F)c1cc(F)c(F)c(F)c1F. The zero-order valence-electron chi connectivity index (χ0n) is 9.36. The number of carbonyl (C=O) groups is 1. The van der Waals surface area contributed by atoms with Crippen molar-refractivity contribution < 1.29 is 40.6 Å². The molecule has 10 heteroatoms. The molecule has 1 aromatic rings. The molecule has 0 heterocycles. The number of nitrogens with one attached hydrogen (secondary N) is 1. The van der Waals surface area contributed by atoms with Gasteiger partial charge >= 0.3 is 6.18 Å². The predicted molar refractivity (Wildman–Crippen MR) is 50.7 cm³/mol. The fourth-order valence-corrected chi connectivity index (χ4v) is 1.14. The first-order chi connectivity index (χ1) is 9.05. The summed E-state index contributed by atoms with van der Waals surface area (Å²) < 4.78 is 87.0. The Kier molecular flexibility index (Phi) is 4.58. The Morgan fingerprint density at radius 3 is 2.20 bits per heavy atom. The molecule has 0 spiro atoms. The van der Waals surface area contributed by atoms with E-state index in [1.165, 1.54) is 5.32 Å². The zero-order valence-corrected chi connectivity index (χ0v) is 9.36. The largest absolute Gasteiger partial charge is 0.416 e. The number of alkyl halides is 3. The fraction of sp³-hybridized carbons (Fsp3) is 0.300. The van der Waals surface area contributed by atoms with Crippen LogP contribution in [0.2, 0.25) is 0 Å². The van der Waals surface area contributed by atoms with Gasteiger partial charge in [0.25, 0.3) is 5.91 Å². The van der Waals surface area contributed by atoms with Crippen molar-refractivity contribution in [1.82, 2.24) is 5.32 Å². The van der Waals surface area contributed by atoms with Crippen molar-refractivity contribution in [3.63, 3.8) is 0 Å². The minimum absolute atomic E-state index is 0.0109. The van der Waals surface area contributed by atoms with Crippen LogP contribution in [-0.4, -0.2) is 29.8 Å². The molecule has 1 rings (SSSR count). The van der Waals surface area contributed by atoms with E-state index in [1.807, 2.05) is 0 Å². The van der Waals surface area contributed by atoms with E-state index in [0.717, 1.165) is 0 Å². The van der Waals surface area contributed by atoms with Crippen LogP contribution in [0.15, 0.2) is 6.07 Å². The summed E-state index contributed by atoms with van der Waals surface area (Å²) in [7, 11) is 0. The van der Waals surface area contributed by atoms with Crippen LogP contribution in [0.3, 0.4) is 0 Å². The van der Waals surface area contributed by atoms with Crippen LogP contribution in [0.5, 0.6) is 0 Å². The lowest BCUT2D eigenvalue weighted by Crippen LogP contribution is -2.41. The summed E-state index contributed by atoms with van der Waals surface area (Å²) in [5.41, 5.74) is -1.32. The van der Waals surface area contributed by atoms with Crippen LogP contribution in [0.25, 0.3) is 0 Å². The molecule has 1 unspecified atom stereocenters. The molecule has 0 saturated carbocycles. The highest BCUT2D eigenvalue weighted by Gasteiger charge is 2.38.